The third-order valence-electron chi connectivity index (χ3n) is 3.68. The fraction of sp³-hybridized carbons (Fsp3) is 0.562. The van der Waals surface area contributed by atoms with Gasteiger partial charge in [0.25, 0.3) is 0 Å². The molecule has 1 aromatic carbocycles. The highest BCUT2D eigenvalue weighted by atomic mass is 16.5. The Hall–Kier alpha value is -1.55. The molecular weight excluding hydrogens is 254 g/mol. The molecule has 0 spiro atoms. The lowest BCUT2D eigenvalue weighted by Gasteiger charge is -2.03. The molecular formula is C16H23NO3. The van der Waals surface area contributed by atoms with E-state index in [0.29, 0.717) is 6.61 Å². The first-order valence-corrected chi connectivity index (χ1v) is 7.29. The van der Waals surface area contributed by atoms with Crippen molar-refractivity contribution in [2.45, 2.75) is 38.8 Å². The van der Waals surface area contributed by atoms with Gasteiger partial charge in [-0.25, -0.2) is 0 Å². The predicted molar refractivity (Wildman–Crippen MR) is 77.8 cm³/mol. The van der Waals surface area contributed by atoms with Crippen LogP contribution in [0, 0.1) is 0 Å². The van der Waals surface area contributed by atoms with Crippen molar-refractivity contribution in [3.63, 3.8) is 0 Å². The Morgan fingerprint density at radius 3 is 2.50 bits per heavy atom. The van der Waals surface area contributed by atoms with Crippen LogP contribution in [0.1, 0.15) is 38.3 Å². The Kier molecular flexibility index (Phi) is 5.01. The van der Waals surface area contributed by atoms with Crippen LogP contribution in [0.3, 0.4) is 0 Å². The minimum absolute atomic E-state index is 0.107. The van der Waals surface area contributed by atoms with E-state index in [9.17, 15) is 4.79 Å². The fourth-order valence-corrected chi connectivity index (χ4v) is 2.56. The quantitative estimate of drug-likeness (QED) is 0.567. The van der Waals surface area contributed by atoms with E-state index < -0.39 is 0 Å². The lowest BCUT2D eigenvalue weighted by Crippen LogP contribution is -2.16. The van der Waals surface area contributed by atoms with E-state index in [1.54, 1.807) is 7.11 Å². The zero-order valence-electron chi connectivity index (χ0n) is 12.5. The van der Waals surface area contributed by atoms with Crippen LogP contribution in [-0.4, -0.2) is 37.2 Å². The first-order chi connectivity index (χ1) is 9.72. The molecule has 1 aliphatic heterocycles. The fourth-order valence-electron chi connectivity index (χ4n) is 2.56. The van der Waals surface area contributed by atoms with Crippen molar-refractivity contribution in [3.8, 4) is 5.75 Å². The van der Waals surface area contributed by atoms with Crippen LogP contribution in [0.5, 0.6) is 5.75 Å². The van der Waals surface area contributed by atoms with E-state index in [-0.39, 0.29) is 18.1 Å². The number of esters is 1. The maximum atomic E-state index is 12.0. The van der Waals surface area contributed by atoms with Crippen LogP contribution in [0.15, 0.2) is 24.3 Å². The summed E-state index contributed by atoms with van der Waals surface area (Å²) in [5.74, 6) is 0.728. The van der Waals surface area contributed by atoms with Crippen LogP contribution in [0.25, 0.3) is 0 Å². The minimum atomic E-state index is -0.116. The molecule has 1 saturated heterocycles. The number of carbonyl (C=O) groups excluding carboxylic acids is 1. The number of rotatable bonds is 7. The average Bonchev–Trinajstić information content (AvgIpc) is 3.19. The Morgan fingerprint density at radius 1 is 1.25 bits per heavy atom. The molecule has 0 radical (unpaired) electrons. The summed E-state index contributed by atoms with van der Waals surface area (Å²) in [5.41, 5.74) is 1.15. The van der Waals surface area contributed by atoms with Gasteiger partial charge in [-0.1, -0.05) is 25.5 Å². The SMILES string of the molecule is CCCCN1[C@H](C(=O)OCC)[C@H]1c1ccc(OC)cc1. The Balaban J connectivity index is 2.08. The maximum Gasteiger partial charge on any atom is 0.325 e. The molecule has 0 saturated carbocycles. The highest BCUT2D eigenvalue weighted by molar-refractivity contribution is 5.80. The van der Waals surface area contributed by atoms with Crippen molar-refractivity contribution < 1.29 is 14.3 Å². The number of nitrogens with zero attached hydrogens (tertiary/aromatic N) is 1. The van der Waals surface area contributed by atoms with Crippen LogP contribution in [-0.2, 0) is 9.53 Å². The molecule has 2 rings (SSSR count). The van der Waals surface area contributed by atoms with Crippen molar-refractivity contribution in [1.29, 1.82) is 0 Å². The molecule has 4 nitrogen and oxygen atoms in total. The molecule has 110 valence electrons. The van der Waals surface area contributed by atoms with Gasteiger partial charge in [-0.05, 0) is 37.6 Å². The molecule has 0 bridgehead atoms. The number of hydrogen-bond donors (Lipinski definition) is 0. The molecule has 0 aliphatic carbocycles. The number of ether oxygens (including phenoxy) is 2. The third-order valence-corrected chi connectivity index (χ3v) is 3.68. The lowest BCUT2D eigenvalue weighted by atomic mass is 10.1. The second-order valence-corrected chi connectivity index (χ2v) is 5.01. The van der Waals surface area contributed by atoms with Gasteiger partial charge in [-0.15, -0.1) is 0 Å². The summed E-state index contributed by atoms with van der Waals surface area (Å²) < 4.78 is 10.3. The van der Waals surface area contributed by atoms with Gasteiger partial charge in [0, 0.05) is 0 Å². The van der Waals surface area contributed by atoms with Gasteiger partial charge in [0.05, 0.1) is 19.8 Å². The number of unbranched alkanes of at least 4 members (excludes halogenated alkanes) is 1. The number of methoxy groups -OCH3 is 1. The molecule has 20 heavy (non-hydrogen) atoms. The lowest BCUT2D eigenvalue weighted by molar-refractivity contribution is -0.143. The Morgan fingerprint density at radius 2 is 1.95 bits per heavy atom. The normalized spacial score (nSPS) is 24.2. The van der Waals surface area contributed by atoms with Gasteiger partial charge in [-0.3, -0.25) is 9.69 Å². The van der Waals surface area contributed by atoms with Gasteiger partial charge in [-0.2, -0.15) is 0 Å². The second kappa shape index (κ2) is 6.75. The molecule has 0 N–H and O–H groups in total. The Labute approximate surface area is 120 Å². The topological polar surface area (TPSA) is 38.5 Å². The van der Waals surface area contributed by atoms with Crippen molar-refractivity contribution in [2.75, 3.05) is 20.3 Å². The second-order valence-electron chi connectivity index (χ2n) is 5.01. The largest absolute Gasteiger partial charge is 0.497 e. The van der Waals surface area contributed by atoms with E-state index in [1.165, 1.54) is 0 Å². The molecule has 0 aromatic heterocycles. The molecule has 1 aliphatic rings. The highest BCUT2D eigenvalue weighted by Crippen LogP contribution is 2.44. The Bertz CT molecular complexity index is 444. The highest BCUT2D eigenvalue weighted by Gasteiger charge is 2.53. The molecule has 4 heteroatoms. The molecule has 0 amide bonds. The van der Waals surface area contributed by atoms with E-state index >= 15 is 0 Å². The first-order valence-electron chi connectivity index (χ1n) is 7.29. The van der Waals surface area contributed by atoms with Crippen molar-refractivity contribution >= 4 is 5.97 Å². The van der Waals surface area contributed by atoms with Crippen LogP contribution >= 0.6 is 0 Å². The molecule has 1 unspecified atom stereocenters. The molecule has 1 fully saturated rings. The summed E-state index contributed by atoms with van der Waals surface area (Å²) in [4.78, 5) is 14.2. The summed E-state index contributed by atoms with van der Waals surface area (Å²) in [5, 5.41) is 0. The smallest absolute Gasteiger partial charge is 0.325 e. The average molecular weight is 277 g/mol. The van der Waals surface area contributed by atoms with Gasteiger partial charge < -0.3 is 9.47 Å². The summed E-state index contributed by atoms with van der Waals surface area (Å²) in [7, 11) is 1.65. The van der Waals surface area contributed by atoms with E-state index in [2.05, 4.69) is 11.8 Å². The van der Waals surface area contributed by atoms with Crippen LogP contribution in [0.2, 0.25) is 0 Å². The van der Waals surface area contributed by atoms with Gasteiger partial charge in [0.2, 0.25) is 0 Å². The van der Waals surface area contributed by atoms with Crippen LogP contribution < -0.4 is 4.74 Å². The van der Waals surface area contributed by atoms with Crippen molar-refractivity contribution in [1.82, 2.24) is 4.90 Å². The summed E-state index contributed by atoms with van der Waals surface area (Å²) in [6, 6.07) is 7.98. The van der Waals surface area contributed by atoms with Gasteiger partial charge >= 0.3 is 5.97 Å². The summed E-state index contributed by atoms with van der Waals surface area (Å²) in [6.07, 6.45) is 2.23. The van der Waals surface area contributed by atoms with Crippen molar-refractivity contribution in [3.05, 3.63) is 29.8 Å². The predicted octanol–water partition coefficient (Wildman–Crippen LogP) is 2.78. The summed E-state index contributed by atoms with van der Waals surface area (Å²) in [6.45, 7) is 5.38. The first kappa shape index (κ1) is 14.9. The number of carbonyl (C=O) groups is 1. The molecule has 3 atom stereocenters. The van der Waals surface area contributed by atoms with Crippen LogP contribution in [0.4, 0.5) is 0 Å². The monoisotopic (exact) mass is 277 g/mol. The van der Waals surface area contributed by atoms with Gasteiger partial charge in [0.15, 0.2) is 0 Å². The minimum Gasteiger partial charge on any atom is -0.497 e. The third kappa shape index (κ3) is 3.12. The van der Waals surface area contributed by atoms with E-state index in [1.807, 2.05) is 31.2 Å². The standard InChI is InChI=1S/C16H23NO3/c1-4-6-11-17-14(15(17)16(18)20-5-2)12-7-9-13(19-3)10-8-12/h7-10,14-15H,4-6,11H2,1-3H3/t14-,15+,17?/m1/s1. The van der Waals surface area contributed by atoms with E-state index in [4.69, 9.17) is 9.47 Å². The summed E-state index contributed by atoms with van der Waals surface area (Å²) >= 11 is 0. The molecule has 1 aromatic rings. The van der Waals surface area contributed by atoms with Gasteiger partial charge in [0.1, 0.15) is 11.8 Å². The molecule has 1 heterocycles. The number of hydrogen-bond acceptors (Lipinski definition) is 4. The van der Waals surface area contributed by atoms with E-state index in [0.717, 1.165) is 30.7 Å². The zero-order valence-corrected chi connectivity index (χ0v) is 12.5. The zero-order chi connectivity index (χ0) is 14.5. The number of benzene rings is 1. The van der Waals surface area contributed by atoms with Crippen molar-refractivity contribution in [2.24, 2.45) is 0 Å². The maximum absolute atomic E-state index is 12.0.